The molecule has 0 fully saturated rings. The van der Waals surface area contributed by atoms with Gasteiger partial charge in [0.25, 0.3) is 5.56 Å². The van der Waals surface area contributed by atoms with Gasteiger partial charge in [0.2, 0.25) is 11.1 Å². The number of hydrogen-bond donors (Lipinski definition) is 3. The first-order chi connectivity index (χ1) is 14.0. The third-order valence-corrected chi connectivity index (χ3v) is 5.44. The van der Waals surface area contributed by atoms with Gasteiger partial charge in [0.05, 0.1) is 12.3 Å². The monoisotopic (exact) mass is 432 g/mol. The maximum Gasteiger partial charge on any atom is 0.330 e. The predicted molar refractivity (Wildman–Crippen MR) is 111 cm³/mol. The maximum atomic E-state index is 12.5. The molecule has 4 N–H and O–H groups in total. The van der Waals surface area contributed by atoms with Crippen LogP contribution in [0.25, 0.3) is 11.2 Å². The fourth-order valence-electron chi connectivity index (χ4n) is 3.04. The Morgan fingerprint density at radius 1 is 1.17 bits per heavy atom. The second-order valence-electron chi connectivity index (χ2n) is 6.21. The average Bonchev–Trinajstić information content (AvgIpc) is 3.28. The zero-order valence-corrected chi connectivity index (χ0v) is 16.9. The zero-order chi connectivity index (χ0) is 20.5. The molecule has 3 heterocycles. The number of nitrogens with one attached hydrogen (secondary N) is 2. The number of anilines is 1. The van der Waals surface area contributed by atoms with E-state index in [2.05, 4.69) is 25.1 Å². The Balaban J connectivity index is 1.78. The van der Waals surface area contributed by atoms with Crippen molar-refractivity contribution in [2.24, 2.45) is 0 Å². The highest BCUT2D eigenvalue weighted by atomic mass is 35.5. The van der Waals surface area contributed by atoms with Crippen molar-refractivity contribution in [1.29, 1.82) is 0 Å². The van der Waals surface area contributed by atoms with Gasteiger partial charge in [0.1, 0.15) is 5.82 Å². The molecule has 29 heavy (non-hydrogen) atoms. The molecule has 0 aliphatic rings. The minimum absolute atomic E-state index is 0.227. The number of aromatic amines is 2. The van der Waals surface area contributed by atoms with Crippen molar-refractivity contribution in [3.05, 3.63) is 61.5 Å². The molecule has 0 amide bonds. The molecule has 150 valence electrons. The summed E-state index contributed by atoms with van der Waals surface area (Å²) in [6, 6.07) is 7.15. The average molecular weight is 433 g/mol. The van der Waals surface area contributed by atoms with Crippen LogP contribution < -0.4 is 17.0 Å². The molecule has 4 rings (SSSR count). The number of hydrogen-bond acceptors (Lipinski definition) is 7. The molecule has 0 aliphatic carbocycles. The van der Waals surface area contributed by atoms with Crippen LogP contribution in [0.5, 0.6) is 0 Å². The highest BCUT2D eigenvalue weighted by Crippen LogP contribution is 2.22. The summed E-state index contributed by atoms with van der Waals surface area (Å²) in [5, 5.41) is 7.64. The normalized spacial score (nSPS) is 11.4. The number of thioether (sulfide) groups is 1. The van der Waals surface area contributed by atoms with Crippen LogP contribution in [0.2, 0.25) is 5.02 Å². The predicted octanol–water partition coefficient (Wildman–Crippen LogP) is 1.60. The number of H-pyrrole nitrogens is 2. The van der Waals surface area contributed by atoms with E-state index in [1.807, 2.05) is 19.1 Å². The lowest BCUT2D eigenvalue weighted by Crippen LogP contribution is -2.31. The molecular formula is C17H17ClN8O2S. The topological polar surface area (TPSA) is 140 Å². The second-order valence-corrected chi connectivity index (χ2v) is 7.59. The number of benzene rings is 1. The minimum atomic E-state index is -0.515. The lowest BCUT2D eigenvalue weighted by Gasteiger charge is -2.07. The van der Waals surface area contributed by atoms with Crippen LogP contribution in [-0.4, -0.2) is 34.3 Å². The Labute approximate surface area is 173 Å². The van der Waals surface area contributed by atoms with E-state index in [-0.39, 0.29) is 12.5 Å². The van der Waals surface area contributed by atoms with E-state index in [0.29, 0.717) is 39.5 Å². The van der Waals surface area contributed by atoms with Gasteiger partial charge in [-0.1, -0.05) is 35.5 Å². The fourth-order valence-corrected chi connectivity index (χ4v) is 3.92. The number of fused-ring (bicyclic) bond motifs is 1. The third kappa shape index (κ3) is 3.78. The Morgan fingerprint density at radius 2 is 1.93 bits per heavy atom. The van der Waals surface area contributed by atoms with Gasteiger partial charge < -0.3 is 10.3 Å². The summed E-state index contributed by atoms with van der Waals surface area (Å²) in [4.78, 5) is 36.1. The van der Waals surface area contributed by atoms with Crippen LogP contribution in [0.3, 0.4) is 0 Å². The molecule has 0 bridgehead atoms. The number of rotatable bonds is 6. The van der Waals surface area contributed by atoms with E-state index >= 15 is 0 Å². The Bertz CT molecular complexity index is 1290. The lowest BCUT2D eigenvalue weighted by molar-refractivity contribution is 0.736. The molecule has 0 unspecified atom stereocenters. The summed E-state index contributed by atoms with van der Waals surface area (Å²) >= 11 is 7.27. The largest absolute Gasteiger partial charge is 0.368 e. The first kappa shape index (κ1) is 19.3. The smallest absolute Gasteiger partial charge is 0.330 e. The van der Waals surface area contributed by atoms with E-state index in [1.165, 1.54) is 16.3 Å². The Hall–Kier alpha value is -3.05. The van der Waals surface area contributed by atoms with Crippen molar-refractivity contribution in [2.75, 3.05) is 5.73 Å². The number of nitrogens with zero attached hydrogens (tertiary/aromatic N) is 5. The molecule has 0 atom stereocenters. The van der Waals surface area contributed by atoms with E-state index in [1.54, 1.807) is 16.7 Å². The van der Waals surface area contributed by atoms with Crippen LogP contribution in [0.1, 0.15) is 18.3 Å². The Kier molecular flexibility index (Phi) is 5.16. The first-order valence-corrected chi connectivity index (χ1v) is 10.1. The van der Waals surface area contributed by atoms with Crippen LogP contribution in [-0.2, 0) is 18.8 Å². The zero-order valence-electron chi connectivity index (χ0n) is 15.3. The molecule has 0 aliphatic heterocycles. The minimum Gasteiger partial charge on any atom is -0.368 e. The van der Waals surface area contributed by atoms with Crippen LogP contribution >= 0.6 is 23.4 Å². The number of aromatic nitrogens is 7. The van der Waals surface area contributed by atoms with Gasteiger partial charge in [-0.25, -0.2) is 14.9 Å². The molecule has 4 aromatic rings. The van der Waals surface area contributed by atoms with E-state index in [9.17, 15) is 9.59 Å². The van der Waals surface area contributed by atoms with Crippen molar-refractivity contribution in [3.63, 3.8) is 0 Å². The molecule has 12 heteroatoms. The van der Waals surface area contributed by atoms with Crippen LogP contribution in [0.15, 0.2) is 39.0 Å². The first-order valence-electron chi connectivity index (χ1n) is 8.73. The number of aryl methyl sites for hydroxylation is 1. The number of imidazole rings is 1. The highest BCUT2D eigenvalue weighted by molar-refractivity contribution is 7.98. The van der Waals surface area contributed by atoms with E-state index in [4.69, 9.17) is 17.3 Å². The van der Waals surface area contributed by atoms with Gasteiger partial charge in [0, 0.05) is 11.6 Å². The summed E-state index contributed by atoms with van der Waals surface area (Å²) in [5.74, 6) is 1.27. The molecule has 0 spiro atoms. The van der Waals surface area contributed by atoms with E-state index < -0.39 is 11.2 Å². The molecule has 1 aromatic carbocycles. The van der Waals surface area contributed by atoms with Gasteiger partial charge in [-0.2, -0.15) is 4.98 Å². The van der Waals surface area contributed by atoms with Gasteiger partial charge in [-0.05, 0) is 24.6 Å². The third-order valence-electron chi connectivity index (χ3n) is 4.35. The molecule has 0 saturated heterocycles. The number of nitrogen functional groups attached to an aromatic ring is 1. The van der Waals surface area contributed by atoms with Gasteiger partial charge in [-0.3, -0.25) is 14.3 Å². The van der Waals surface area contributed by atoms with Crippen molar-refractivity contribution < 1.29 is 0 Å². The van der Waals surface area contributed by atoms with Crippen LogP contribution in [0, 0.1) is 0 Å². The van der Waals surface area contributed by atoms with Crippen LogP contribution in [0.4, 0.5) is 5.95 Å². The van der Waals surface area contributed by atoms with Gasteiger partial charge >= 0.3 is 5.69 Å². The van der Waals surface area contributed by atoms with Crippen molar-refractivity contribution in [2.45, 2.75) is 30.9 Å². The van der Waals surface area contributed by atoms with Gasteiger partial charge in [0.15, 0.2) is 11.2 Å². The number of nitrogens with two attached hydrogens (primary N) is 1. The molecule has 0 saturated carbocycles. The molecular weight excluding hydrogens is 416 g/mol. The summed E-state index contributed by atoms with van der Waals surface area (Å²) in [6.45, 7) is 2.69. The van der Waals surface area contributed by atoms with E-state index in [0.717, 1.165) is 5.56 Å². The molecule has 3 aromatic heterocycles. The lowest BCUT2D eigenvalue weighted by atomic mass is 10.2. The summed E-state index contributed by atoms with van der Waals surface area (Å²) < 4.78 is 3.24. The summed E-state index contributed by atoms with van der Waals surface area (Å²) in [7, 11) is 0. The quantitative estimate of drug-likeness (QED) is 0.393. The SMILES string of the molecule is CCn1c(CSc2n[nH]c(N)n2)nc2c1c(=O)[nH]c(=O)n2Cc1ccc(Cl)cc1. The van der Waals surface area contributed by atoms with Crippen molar-refractivity contribution in [3.8, 4) is 0 Å². The highest BCUT2D eigenvalue weighted by Gasteiger charge is 2.18. The maximum absolute atomic E-state index is 12.5. The summed E-state index contributed by atoms with van der Waals surface area (Å²) in [6.07, 6.45) is 0. The second kappa shape index (κ2) is 7.76. The van der Waals surface area contributed by atoms with Gasteiger partial charge in [-0.15, -0.1) is 5.10 Å². The van der Waals surface area contributed by atoms with Crippen molar-refractivity contribution >= 4 is 40.5 Å². The Morgan fingerprint density at radius 3 is 2.59 bits per heavy atom. The molecule has 10 nitrogen and oxygen atoms in total. The standard InChI is InChI=1S/C17H17ClN8O2S/c1-2-25-11(8-29-16-22-15(19)23-24-16)20-13-12(25)14(27)21-17(28)26(13)7-9-3-5-10(18)6-4-9/h3-6H,2,7-8H2,1H3,(H,21,27,28)(H3,19,22,23,24). The molecule has 0 radical (unpaired) electrons. The number of halogens is 1. The fraction of sp³-hybridized carbons (Fsp3) is 0.235. The van der Waals surface area contributed by atoms with Crippen molar-refractivity contribution in [1.82, 2.24) is 34.3 Å². The summed E-state index contributed by atoms with van der Waals surface area (Å²) in [5.41, 5.74) is 6.12.